The van der Waals surface area contributed by atoms with Gasteiger partial charge in [-0.15, -0.1) is 0 Å². The Morgan fingerprint density at radius 2 is 2.13 bits per heavy atom. The van der Waals surface area contributed by atoms with E-state index < -0.39 is 11.6 Å². The largest absolute Gasteiger partial charge is 0.372 e. The second-order valence-corrected chi connectivity index (χ2v) is 6.00. The quantitative estimate of drug-likeness (QED) is 0.844. The topological polar surface area (TPSA) is 59.1 Å². The number of nitrogens with zero attached hydrogens (tertiary/aromatic N) is 2. The van der Waals surface area contributed by atoms with E-state index in [1.165, 1.54) is 12.1 Å². The Bertz CT molecular complexity index is 716. The Morgan fingerprint density at radius 3 is 2.87 bits per heavy atom. The summed E-state index contributed by atoms with van der Waals surface area (Å²) < 4.78 is 33.0. The maximum Gasteiger partial charge on any atom is 0.224 e. The summed E-state index contributed by atoms with van der Waals surface area (Å²) in [4.78, 5) is 8.56. The first-order valence-corrected chi connectivity index (χ1v) is 7.91. The van der Waals surface area contributed by atoms with Crippen LogP contribution in [-0.4, -0.2) is 29.7 Å². The van der Waals surface area contributed by atoms with Gasteiger partial charge in [0.1, 0.15) is 11.9 Å². The van der Waals surface area contributed by atoms with Crippen LogP contribution < -0.4 is 10.6 Å². The molecular weight excluding hydrogens is 370 g/mol. The van der Waals surface area contributed by atoms with Gasteiger partial charge >= 0.3 is 0 Å². The van der Waals surface area contributed by atoms with Gasteiger partial charge in [-0.1, -0.05) is 6.07 Å². The van der Waals surface area contributed by atoms with E-state index in [1.54, 1.807) is 13.2 Å². The molecule has 0 aliphatic carbocycles. The molecule has 1 aromatic carbocycles. The number of hydrogen-bond donors (Lipinski definition) is 2. The zero-order valence-corrected chi connectivity index (χ0v) is 13.9. The van der Waals surface area contributed by atoms with E-state index in [-0.39, 0.29) is 12.1 Å². The van der Waals surface area contributed by atoms with Crippen LogP contribution in [0, 0.1) is 11.6 Å². The van der Waals surface area contributed by atoms with Gasteiger partial charge in [0.2, 0.25) is 5.95 Å². The minimum Gasteiger partial charge on any atom is -0.372 e. The molecule has 1 aromatic heterocycles. The molecule has 0 amide bonds. The SMILES string of the molecule is CNc1nc(NC2CCOC2c2ccc(F)c(F)c2)ncc1Br. The molecule has 2 unspecified atom stereocenters. The fourth-order valence-corrected chi connectivity index (χ4v) is 2.92. The van der Waals surface area contributed by atoms with Crippen molar-refractivity contribution >= 4 is 27.7 Å². The summed E-state index contributed by atoms with van der Waals surface area (Å²) in [5.41, 5.74) is 0.588. The maximum absolute atomic E-state index is 13.4. The molecule has 0 spiro atoms. The standard InChI is InChI=1S/C15H15BrF2N4O/c1-19-14-9(16)7-20-15(22-14)21-12-4-5-23-13(12)8-2-3-10(17)11(18)6-8/h2-3,6-7,12-13H,4-5H2,1H3,(H2,19,20,21,22). The number of anilines is 2. The Balaban J connectivity index is 1.80. The van der Waals surface area contributed by atoms with E-state index in [4.69, 9.17) is 4.74 Å². The fourth-order valence-electron chi connectivity index (χ4n) is 2.53. The molecule has 0 radical (unpaired) electrons. The smallest absolute Gasteiger partial charge is 0.224 e. The van der Waals surface area contributed by atoms with Gasteiger partial charge in [-0.3, -0.25) is 0 Å². The average molecular weight is 385 g/mol. The summed E-state index contributed by atoms with van der Waals surface area (Å²) >= 11 is 3.35. The highest BCUT2D eigenvalue weighted by Gasteiger charge is 2.31. The third kappa shape index (κ3) is 3.42. The van der Waals surface area contributed by atoms with Gasteiger partial charge in [0.05, 0.1) is 10.5 Å². The summed E-state index contributed by atoms with van der Waals surface area (Å²) in [6.45, 7) is 0.525. The molecule has 8 heteroatoms. The number of rotatable bonds is 4. The molecule has 1 saturated heterocycles. The summed E-state index contributed by atoms with van der Waals surface area (Å²) in [5, 5.41) is 6.16. The maximum atomic E-state index is 13.4. The minimum absolute atomic E-state index is 0.120. The summed E-state index contributed by atoms with van der Waals surface area (Å²) in [6.07, 6.45) is 1.98. The average Bonchev–Trinajstić information content (AvgIpc) is 3.00. The van der Waals surface area contributed by atoms with Gasteiger partial charge in [0.25, 0.3) is 0 Å². The van der Waals surface area contributed by atoms with E-state index in [1.807, 2.05) is 0 Å². The highest BCUT2D eigenvalue weighted by atomic mass is 79.9. The zero-order chi connectivity index (χ0) is 16.4. The van der Waals surface area contributed by atoms with Crippen molar-refractivity contribution in [2.45, 2.75) is 18.6 Å². The van der Waals surface area contributed by atoms with Crippen LogP contribution in [0.2, 0.25) is 0 Å². The van der Waals surface area contributed by atoms with Crippen molar-refractivity contribution < 1.29 is 13.5 Å². The predicted molar refractivity (Wildman–Crippen MR) is 86.4 cm³/mol. The van der Waals surface area contributed by atoms with E-state index in [2.05, 4.69) is 36.5 Å². The third-order valence-corrected chi connectivity index (χ3v) is 4.24. The molecule has 2 aromatic rings. The molecular formula is C15H15BrF2N4O. The molecule has 23 heavy (non-hydrogen) atoms. The van der Waals surface area contributed by atoms with Crippen LogP contribution >= 0.6 is 15.9 Å². The number of hydrogen-bond acceptors (Lipinski definition) is 5. The van der Waals surface area contributed by atoms with Crippen molar-refractivity contribution in [1.29, 1.82) is 0 Å². The van der Waals surface area contributed by atoms with Crippen molar-refractivity contribution in [3.05, 3.63) is 46.1 Å². The molecule has 5 nitrogen and oxygen atoms in total. The van der Waals surface area contributed by atoms with Crippen LogP contribution in [0.1, 0.15) is 18.1 Å². The lowest BCUT2D eigenvalue weighted by molar-refractivity contribution is 0.107. The van der Waals surface area contributed by atoms with Crippen LogP contribution in [0.15, 0.2) is 28.9 Å². The second kappa shape index (κ2) is 6.76. The normalized spacial score (nSPS) is 20.5. The van der Waals surface area contributed by atoms with E-state index in [0.717, 1.165) is 17.0 Å². The van der Waals surface area contributed by atoms with E-state index in [9.17, 15) is 8.78 Å². The monoisotopic (exact) mass is 384 g/mol. The molecule has 1 aliphatic heterocycles. The molecule has 1 fully saturated rings. The van der Waals surface area contributed by atoms with Gasteiger partial charge in [-0.2, -0.15) is 4.98 Å². The van der Waals surface area contributed by atoms with Crippen LogP contribution in [0.25, 0.3) is 0 Å². The van der Waals surface area contributed by atoms with Gasteiger partial charge < -0.3 is 15.4 Å². The number of ether oxygens (including phenoxy) is 1. The number of benzene rings is 1. The molecule has 2 atom stereocenters. The summed E-state index contributed by atoms with van der Waals surface area (Å²) in [5.74, 6) is -0.647. The van der Waals surface area contributed by atoms with Crippen molar-refractivity contribution in [2.24, 2.45) is 0 Å². The first kappa shape index (κ1) is 16.1. The van der Waals surface area contributed by atoms with Crippen LogP contribution in [0.3, 0.4) is 0 Å². The van der Waals surface area contributed by atoms with Gasteiger partial charge in [-0.25, -0.2) is 13.8 Å². The number of aromatic nitrogens is 2. The van der Waals surface area contributed by atoms with E-state index in [0.29, 0.717) is 23.9 Å². The van der Waals surface area contributed by atoms with Crippen molar-refractivity contribution in [3.63, 3.8) is 0 Å². The van der Waals surface area contributed by atoms with Crippen molar-refractivity contribution in [3.8, 4) is 0 Å². The summed E-state index contributed by atoms with van der Waals surface area (Å²) in [7, 11) is 1.76. The number of nitrogens with one attached hydrogen (secondary N) is 2. The van der Waals surface area contributed by atoms with Crippen LogP contribution in [0.5, 0.6) is 0 Å². The summed E-state index contributed by atoms with van der Waals surface area (Å²) in [6, 6.07) is 3.69. The predicted octanol–water partition coefficient (Wildman–Crippen LogP) is 3.50. The van der Waals surface area contributed by atoms with Crippen molar-refractivity contribution in [2.75, 3.05) is 24.3 Å². The molecule has 0 saturated carbocycles. The lowest BCUT2D eigenvalue weighted by Crippen LogP contribution is -2.24. The Hall–Kier alpha value is -1.80. The Morgan fingerprint density at radius 1 is 1.30 bits per heavy atom. The fraction of sp³-hybridized carbons (Fsp3) is 0.333. The molecule has 3 rings (SSSR count). The van der Waals surface area contributed by atoms with Gasteiger partial charge in [-0.05, 0) is 40.0 Å². The third-order valence-electron chi connectivity index (χ3n) is 3.66. The van der Waals surface area contributed by atoms with Gasteiger partial charge in [0.15, 0.2) is 11.6 Å². The lowest BCUT2D eigenvalue weighted by atomic mass is 10.0. The zero-order valence-electron chi connectivity index (χ0n) is 12.3. The van der Waals surface area contributed by atoms with Crippen LogP contribution in [0.4, 0.5) is 20.5 Å². The van der Waals surface area contributed by atoms with E-state index >= 15 is 0 Å². The Labute approximate surface area is 140 Å². The number of halogens is 3. The lowest BCUT2D eigenvalue weighted by Gasteiger charge is -2.20. The molecule has 2 heterocycles. The molecule has 0 bridgehead atoms. The van der Waals surface area contributed by atoms with Crippen molar-refractivity contribution in [1.82, 2.24) is 9.97 Å². The minimum atomic E-state index is -0.880. The molecule has 2 N–H and O–H groups in total. The Kier molecular flexibility index (Phi) is 4.72. The first-order chi connectivity index (χ1) is 11.1. The molecule has 122 valence electrons. The highest BCUT2D eigenvalue weighted by Crippen LogP contribution is 2.32. The van der Waals surface area contributed by atoms with Gasteiger partial charge in [0, 0.05) is 19.9 Å². The molecule has 1 aliphatic rings. The first-order valence-electron chi connectivity index (χ1n) is 7.12. The highest BCUT2D eigenvalue weighted by molar-refractivity contribution is 9.10. The van der Waals surface area contributed by atoms with Crippen LogP contribution in [-0.2, 0) is 4.74 Å². The second-order valence-electron chi connectivity index (χ2n) is 5.14.